The summed E-state index contributed by atoms with van der Waals surface area (Å²) >= 11 is 0. The third kappa shape index (κ3) is 4.71. The molecule has 0 aromatic heterocycles. The summed E-state index contributed by atoms with van der Waals surface area (Å²) < 4.78 is 44.5. The molecule has 7 heteroatoms. The number of hydrogen-bond acceptors (Lipinski definition) is 3. The van der Waals surface area contributed by atoms with Crippen LogP contribution >= 0.6 is 0 Å². The van der Waals surface area contributed by atoms with Crippen LogP contribution in [0.2, 0.25) is 0 Å². The van der Waals surface area contributed by atoms with Crippen LogP contribution in [0.3, 0.4) is 0 Å². The fraction of sp³-hybridized carbons (Fsp3) is 0.435. The average molecular weight is 418 g/mol. The van der Waals surface area contributed by atoms with E-state index in [0.717, 1.165) is 25.0 Å². The summed E-state index contributed by atoms with van der Waals surface area (Å²) in [5.74, 6) is 0.614. The molecule has 0 atom stereocenters. The predicted molar refractivity (Wildman–Crippen MR) is 109 cm³/mol. The zero-order valence-corrected chi connectivity index (χ0v) is 16.8. The van der Waals surface area contributed by atoms with Crippen LogP contribution in [-0.4, -0.2) is 43.6 Å². The smallest absolute Gasteiger partial charge is 0.416 e. The molecule has 1 fully saturated rings. The van der Waals surface area contributed by atoms with E-state index >= 15 is 0 Å². The van der Waals surface area contributed by atoms with E-state index < -0.39 is 11.7 Å². The van der Waals surface area contributed by atoms with Crippen LogP contribution in [0.25, 0.3) is 0 Å². The summed E-state index contributed by atoms with van der Waals surface area (Å²) in [6.07, 6.45) is 0.203. The standard InChI is InChI=1S/C23H25F3N2O2/c24-23(25,26)19-6-3-7-20(15-19)27-10-12-28(13-11-27)22(29)16-30-21-9-8-17-4-1-2-5-18(17)14-21/h3,6-9,14-15H,1-2,4-5,10-13,16H2. The van der Waals surface area contributed by atoms with Gasteiger partial charge >= 0.3 is 6.18 Å². The van der Waals surface area contributed by atoms with Crippen molar-refractivity contribution >= 4 is 11.6 Å². The Kier molecular flexibility index (Phi) is 5.88. The van der Waals surface area contributed by atoms with Crippen LogP contribution < -0.4 is 9.64 Å². The Morgan fingerprint density at radius 1 is 0.933 bits per heavy atom. The van der Waals surface area contributed by atoms with Crippen molar-refractivity contribution in [3.8, 4) is 5.75 Å². The first-order chi connectivity index (χ1) is 14.4. The van der Waals surface area contributed by atoms with Gasteiger partial charge in [-0.3, -0.25) is 4.79 Å². The molecule has 1 aliphatic heterocycles. The van der Waals surface area contributed by atoms with Crippen LogP contribution in [0.5, 0.6) is 5.75 Å². The minimum atomic E-state index is -4.36. The number of carbonyl (C=O) groups excluding carboxylic acids is 1. The lowest BCUT2D eigenvalue weighted by Gasteiger charge is -2.36. The van der Waals surface area contributed by atoms with Crippen molar-refractivity contribution in [1.29, 1.82) is 0 Å². The zero-order valence-electron chi connectivity index (χ0n) is 16.8. The lowest BCUT2D eigenvalue weighted by molar-refractivity contribution is -0.137. The van der Waals surface area contributed by atoms with Crippen LogP contribution in [0, 0.1) is 0 Å². The number of piperazine rings is 1. The van der Waals surface area contributed by atoms with Gasteiger partial charge in [-0.15, -0.1) is 0 Å². The average Bonchev–Trinajstić information content (AvgIpc) is 2.77. The van der Waals surface area contributed by atoms with E-state index in [1.165, 1.54) is 30.0 Å². The Morgan fingerprint density at radius 2 is 1.67 bits per heavy atom. The van der Waals surface area contributed by atoms with Gasteiger partial charge in [-0.25, -0.2) is 0 Å². The molecule has 0 spiro atoms. The Balaban J connectivity index is 1.29. The lowest BCUT2D eigenvalue weighted by atomic mass is 9.92. The van der Waals surface area contributed by atoms with Gasteiger partial charge in [0.05, 0.1) is 5.56 Å². The number of carbonyl (C=O) groups is 1. The first-order valence-electron chi connectivity index (χ1n) is 10.3. The van der Waals surface area contributed by atoms with E-state index in [0.29, 0.717) is 37.6 Å². The van der Waals surface area contributed by atoms with Crippen LogP contribution in [0.1, 0.15) is 29.5 Å². The van der Waals surface area contributed by atoms with Crippen molar-refractivity contribution < 1.29 is 22.7 Å². The molecule has 0 unspecified atom stereocenters. The van der Waals surface area contributed by atoms with Gasteiger partial charge in [-0.1, -0.05) is 12.1 Å². The minimum Gasteiger partial charge on any atom is -0.484 e. The molecule has 30 heavy (non-hydrogen) atoms. The second-order valence-corrected chi connectivity index (χ2v) is 7.84. The highest BCUT2D eigenvalue weighted by atomic mass is 19.4. The van der Waals surface area contributed by atoms with E-state index in [4.69, 9.17) is 4.74 Å². The molecule has 0 radical (unpaired) electrons. The minimum absolute atomic E-state index is 0.0255. The maximum Gasteiger partial charge on any atom is 0.416 e. The molecule has 2 aromatic carbocycles. The Hall–Kier alpha value is -2.70. The molecule has 2 aliphatic rings. The lowest BCUT2D eigenvalue weighted by Crippen LogP contribution is -2.50. The number of hydrogen-bond donors (Lipinski definition) is 0. The quantitative estimate of drug-likeness (QED) is 0.742. The van der Waals surface area contributed by atoms with Crippen molar-refractivity contribution in [3.63, 3.8) is 0 Å². The molecule has 1 saturated heterocycles. The maximum atomic E-state index is 12.9. The topological polar surface area (TPSA) is 32.8 Å². The molecule has 0 saturated carbocycles. The molecule has 0 N–H and O–H groups in total. The summed E-state index contributed by atoms with van der Waals surface area (Å²) in [4.78, 5) is 16.1. The SMILES string of the molecule is O=C(COc1ccc2c(c1)CCCC2)N1CCN(c2cccc(C(F)(F)F)c2)CC1. The monoisotopic (exact) mass is 418 g/mol. The highest BCUT2D eigenvalue weighted by Crippen LogP contribution is 2.32. The van der Waals surface area contributed by atoms with Crippen molar-refractivity contribution in [2.45, 2.75) is 31.9 Å². The predicted octanol–water partition coefficient (Wildman–Crippen LogP) is 4.31. The largest absolute Gasteiger partial charge is 0.484 e. The zero-order chi connectivity index (χ0) is 21.1. The molecular formula is C23H25F3N2O2. The highest BCUT2D eigenvalue weighted by molar-refractivity contribution is 5.78. The summed E-state index contributed by atoms with van der Waals surface area (Å²) in [6.45, 7) is 1.88. The molecule has 0 bridgehead atoms. The van der Waals surface area contributed by atoms with Crippen LogP contribution in [-0.2, 0) is 23.8 Å². The molecule has 1 aliphatic carbocycles. The number of ether oxygens (including phenoxy) is 1. The van der Waals surface area contributed by atoms with Gasteiger partial charge in [-0.2, -0.15) is 13.2 Å². The van der Waals surface area contributed by atoms with Gasteiger partial charge in [0, 0.05) is 31.9 Å². The van der Waals surface area contributed by atoms with Gasteiger partial charge in [0.15, 0.2) is 6.61 Å². The number of rotatable bonds is 4. The van der Waals surface area contributed by atoms with Crippen molar-refractivity contribution in [2.24, 2.45) is 0 Å². The molecule has 160 valence electrons. The number of alkyl halides is 3. The van der Waals surface area contributed by atoms with E-state index in [9.17, 15) is 18.0 Å². The Bertz CT molecular complexity index is 906. The van der Waals surface area contributed by atoms with Crippen molar-refractivity contribution in [1.82, 2.24) is 4.90 Å². The summed E-state index contributed by atoms with van der Waals surface area (Å²) in [5, 5.41) is 0. The first-order valence-corrected chi connectivity index (χ1v) is 10.3. The molecule has 2 aromatic rings. The van der Waals surface area contributed by atoms with Gasteiger partial charge in [0.1, 0.15) is 5.75 Å². The third-order valence-corrected chi connectivity index (χ3v) is 5.85. The number of amides is 1. The van der Waals surface area contributed by atoms with E-state index in [-0.39, 0.29) is 12.5 Å². The van der Waals surface area contributed by atoms with Crippen LogP contribution in [0.15, 0.2) is 42.5 Å². The first kappa shape index (κ1) is 20.6. The fourth-order valence-corrected chi connectivity index (χ4v) is 4.13. The second kappa shape index (κ2) is 8.58. The van der Waals surface area contributed by atoms with Gasteiger partial charge in [0.2, 0.25) is 0 Å². The normalized spacial score (nSPS) is 16.9. The summed E-state index contributed by atoms with van der Waals surface area (Å²) in [5.41, 5.74) is 2.55. The third-order valence-electron chi connectivity index (χ3n) is 5.85. The Labute approximate surface area is 174 Å². The van der Waals surface area contributed by atoms with E-state index in [1.54, 1.807) is 11.0 Å². The number of fused-ring (bicyclic) bond motifs is 1. The molecule has 4 rings (SSSR count). The van der Waals surface area contributed by atoms with E-state index in [1.807, 2.05) is 17.0 Å². The molecule has 1 heterocycles. The number of anilines is 1. The summed E-state index contributed by atoms with van der Waals surface area (Å²) in [7, 11) is 0. The summed E-state index contributed by atoms with van der Waals surface area (Å²) in [6, 6.07) is 11.4. The Morgan fingerprint density at radius 3 is 2.40 bits per heavy atom. The number of halogens is 3. The van der Waals surface area contributed by atoms with Gasteiger partial charge < -0.3 is 14.5 Å². The molecule has 1 amide bonds. The number of aryl methyl sites for hydroxylation is 2. The number of benzene rings is 2. The molecular weight excluding hydrogens is 393 g/mol. The van der Waals surface area contributed by atoms with Crippen molar-refractivity contribution in [2.75, 3.05) is 37.7 Å². The highest BCUT2D eigenvalue weighted by Gasteiger charge is 2.31. The van der Waals surface area contributed by atoms with Crippen molar-refractivity contribution in [3.05, 3.63) is 59.2 Å². The number of nitrogens with zero attached hydrogens (tertiary/aromatic N) is 2. The maximum absolute atomic E-state index is 12.9. The fourth-order valence-electron chi connectivity index (χ4n) is 4.13. The second-order valence-electron chi connectivity index (χ2n) is 7.84. The van der Waals surface area contributed by atoms with Crippen LogP contribution in [0.4, 0.5) is 18.9 Å². The molecule has 4 nitrogen and oxygen atoms in total. The van der Waals surface area contributed by atoms with E-state index in [2.05, 4.69) is 6.07 Å². The van der Waals surface area contributed by atoms with Gasteiger partial charge in [-0.05, 0) is 67.1 Å². The van der Waals surface area contributed by atoms with Gasteiger partial charge in [0.25, 0.3) is 5.91 Å².